The van der Waals surface area contributed by atoms with Crippen molar-refractivity contribution in [3.63, 3.8) is 0 Å². The fourth-order valence-electron chi connectivity index (χ4n) is 2.92. The van der Waals surface area contributed by atoms with Gasteiger partial charge in [-0.25, -0.2) is 4.79 Å². The SMILES string of the molecule is Cn1ncc(C2NCCOC23CN(C(=O)OC(C)(C)C)C3)n1. The molecule has 1 spiro atoms. The lowest BCUT2D eigenvalue weighted by Gasteiger charge is -2.54. The molecule has 1 atom stereocenters. The number of rotatable bonds is 1. The highest BCUT2D eigenvalue weighted by Crippen LogP contribution is 2.39. The van der Waals surface area contributed by atoms with Crippen LogP contribution < -0.4 is 5.32 Å². The molecule has 2 aliphatic rings. The number of nitrogens with one attached hydrogen (secondary N) is 1. The third kappa shape index (κ3) is 2.80. The molecule has 1 amide bonds. The van der Waals surface area contributed by atoms with Crippen LogP contribution in [0.3, 0.4) is 0 Å². The van der Waals surface area contributed by atoms with Gasteiger partial charge in [0.1, 0.15) is 16.9 Å². The Morgan fingerprint density at radius 2 is 2.23 bits per heavy atom. The molecule has 1 unspecified atom stereocenters. The second-order valence-corrected chi connectivity index (χ2v) is 6.90. The summed E-state index contributed by atoms with van der Waals surface area (Å²) in [6.07, 6.45) is 1.44. The Kier molecular flexibility index (Phi) is 3.60. The summed E-state index contributed by atoms with van der Waals surface area (Å²) in [5.74, 6) is 0. The van der Waals surface area contributed by atoms with Gasteiger partial charge in [0, 0.05) is 13.6 Å². The largest absolute Gasteiger partial charge is 0.444 e. The van der Waals surface area contributed by atoms with Crippen LogP contribution in [0.5, 0.6) is 0 Å². The van der Waals surface area contributed by atoms with Gasteiger partial charge in [-0.1, -0.05) is 0 Å². The first-order valence-electron chi connectivity index (χ1n) is 7.51. The van der Waals surface area contributed by atoms with Crippen molar-refractivity contribution in [3.8, 4) is 0 Å². The molecule has 0 saturated carbocycles. The fraction of sp³-hybridized carbons (Fsp3) is 0.786. The maximum Gasteiger partial charge on any atom is 0.410 e. The van der Waals surface area contributed by atoms with Crippen LogP contribution in [-0.4, -0.2) is 63.4 Å². The summed E-state index contributed by atoms with van der Waals surface area (Å²) in [6.45, 7) is 7.96. The summed E-state index contributed by atoms with van der Waals surface area (Å²) in [7, 11) is 1.79. The van der Waals surface area contributed by atoms with E-state index < -0.39 is 11.2 Å². The minimum absolute atomic E-state index is 0.0614. The number of carbonyl (C=O) groups is 1. The Morgan fingerprint density at radius 1 is 1.50 bits per heavy atom. The maximum absolute atomic E-state index is 12.1. The molecule has 1 aromatic heterocycles. The summed E-state index contributed by atoms with van der Waals surface area (Å²) in [5, 5.41) is 11.9. The highest BCUT2D eigenvalue weighted by molar-refractivity contribution is 5.70. The van der Waals surface area contributed by atoms with Crippen molar-refractivity contribution in [2.75, 3.05) is 26.2 Å². The molecule has 2 aliphatic heterocycles. The Morgan fingerprint density at radius 3 is 2.82 bits per heavy atom. The molecule has 3 heterocycles. The second-order valence-electron chi connectivity index (χ2n) is 6.90. The van der Waals surface area contributed by atoms with Crippen LogP contribution in [0.2, 0.25) is 0 Å². The molecule has 22 heavy (non-hydrogen) atoms. The summed E-state index contributed by atoms with van der Waals surface area (Å²) < 4.78 is 11.4. The molecule has 122 valence electrons. The highest BCUT2D eigenvalue weighted by Gasteiger charge is 2.55. The number of carbonyl (C=O) groups excluding carboxylic acids is 1. The summed E-state index contributed by atoms with van der Waals surface area (Å²) in [5.41, 5.74) is -0.0906. The first-order valence-corrected chi connectivity index (χ1v) is 7.51. The number of hydrogen-bond acceptors (Lipinski definition) is 6. The van der Waals surface area contributed by atoms with Crippen LogP contribution in [0.15, 0.2) is 6.20 Å². The van der Waals surface area contributed by atoms with Crippen LogP contribution in [0.1, 0.15) is 32.5 Å². The maximum atomic E-state index is 12.1. The molecular weight excluding hydrogens is 286 g/mol. The molecule has 0 aliphatic carbocycles. The van der Waals surface area contributed by atoms with Crippen molar-refractivity contribution < 1.29 is 14.3 Å². The third-order valence-electron chi connectivity index (χ3n) is 3.85. The molecule has 1 N–H and O–H groups in total. The molecule has 8 nitrogen and oxygen atoms in total. The first kappa shape index (κ1) is 15.2. The lowest BCUT2D eigenvalue weighted by Crippen LogP contribution is -2.72. The van der Waals surface area contributed by atoms with Crippen molar-refractivity contribution in [3.05, 3.63) is 11.9 Å². The summed E-state index contributed by atoms with van der Waals surface area (Å²) in [6, 6.07) is -0.0614. The Hall–Kier alpha value is -1.67. The van der Waals surface area contributed by atoms with Crippen LogP contribution in [0.4, 0.5) is 4.79 Å². The average Bonchev–Trinajstić information content (AvgIpc) is 2.80. The monoisotopic (exact) mass is 309 g/mol. The van der Waals surface area contributed by atoms with Crippen molar-refractivity contribution >= 4 is 6.09 Å². The van der Waals surface area contributed by atoms with E-state index in [9.17, 15) is 4.79 Å². The predicted octanol–water partition coefficient (Wildman–Crippen LogP) is 0.465. The second kappa shape index (κ2) is 5.20. The lowest BCUT2D eigenvalue weighted by molar-refractivity contribution is -0.176. The number of likely N-dealkylation sites (tertiary alicyclic amines) is 1. The number of aromatic nitrogens is 3. The number of amides is 1. The van der Waals surface area contributed by atoms with Crippen LogP contribution >= 0.6 is 0 Å². The van der Waals surface area contributed by atoms with Crippen LogP contribution in [-0.2, 0) is 16.5 Å². The molecule has 3 rings (SSSR count). The fourth-order valence-corrected chi connectivity index (χ4v) is 2.92. The first-order chi connectivity index (χ1) is 10.3. The van der Waals surface area contributed by atoms with E-state index in [1.165, 1.54) is 4.80 Å². The lowest BCUT2D eigenvalue weighted by atomic mass is 9.83. The van der Waals surface area contributed by atoms with E-state index >= 15 is 0 Å². The minimum atomic E-state index is -0.490. The highest BCUT2D eigenvalue weighted by atomic mass is 16.6. The molecule has 1 aromatic rings. The Bertz CT molecular complexity index is 559. The van der Waals surface area contributed by atoms with Gasteiger partial charge >= 0.3 is 6.09 Å². The smallest absolute Gasteiger partial charge is 0.410 e. The Labute approximate surface area is 129 Å². The summed E-state index contributed by atoms with van der Waals surface area (Å²) >= 11 is 0. The minimum Gasteiger partial charge on any atom is -0.444 e. The predicted molar refractivity (Wildman–Crippen MR) is 78.2 cm³/mol. The van der Waals surface area contributed by atoms with Gasteiger partial charge in [-0.15, -0.1) is 0 Å². The van der Waals surface area contributed by atoms with E-state index in [1.807, 2.05) is 20.8 Å². The standard InChI is InChI=1S/C14H23N5O3/c1-13(2,3)22-12(20)19-8-14(9-19)11(15-5-6-21-14)10-7-16-18(4)17-10/h7,11,15H,5-6,8-9H2,1-4H3. The molecule has 0 aromatic carbocycles. The van der Waals surface area contributed by atoms with Crippen molar-refractivity contribution in [1.29, 1.82) is 0 Å². The normalized spacial score (nSPS) is 24.2. The molecule has 2 saturated heterocycles. The van der Waals surface area contributed by atoms with E-state index in [1.54, 1.807) is 18.1 Å². The number of hydrogen-bond donors (Lipinski definition) is 1. The van der Waals surface area contributed by atoms with Crippen LogP contribution in [0.25, 0.3) is 0 Å². The van der Waals surface area contributed by atoms with Gasteiger partial charge < -0.3 is 19.7 Å². The molecule has 8 heteroatoms. The molecule has 0 bridgehead atoms. The number of ether oxygens (including phenoxy) is 2. The molecule has 0 radical (unpaired) electrons. The Balaban J connectivity index is 1.69. The van der Waals surface area contributed by atoms with Crippen molar-refractivity contribution in [1.82, 2.24) is 25.2 Å². The van der Waals surface area contributed by atoms with E-state index in [0.717, 1.165) is 12.2 Å². The zero-order chi connectivity index (χ0) is 16.0. The number of aryl methyl sites for hydroxylation is 1. The van der Waals surface area contributed by atoms with E-state index in [0.29, 0.717) is 19.7 Å². The van der Waals surface area contributed by atoms with Gasteiger partial charge in [0.15, 0.2) is 0 Å². The van der Waals surface area contributed by atoms with E-state index in [4.69, 9.17) is 9.47 Å². The van der Waals surface area contributed by atoms with Crippen molar-refractivity contribution in [2.24, 2.45) is 7.05 Å². The van der Waals surface area contributed by atoms with E-state index in [-0.39, 0.29) is 12.1 Å². The van der Waals surface area contributed by atoms with Crippen molar-refractivity contribution in [2.45, 2.75) is 38.0 Å². The quantitative estimate of drug-likeness (QED) is 0.812. The average molecular weight is 309 g/mol. The summed E-state index contributed by atoms with van der Waals surface area (Å²) in [4.78, 5) is 15.3. The zero-order valence-corrected chi connectivity index (χ0v) is 13.5. The van der Waals surface area contributed by atoms with Gasteiger partial charge in [-0.2, -0.15) is 15.0 Å². The van der Waals surface area contributed by atoms with Gasteiger partial charge in [0.25, 0.3) is 0 Å². The number of nitrogens with zero attached hydrogens (tertiary/aromatic N) is 4. The van der Waals surface area contributed by atoms with E-state index in [2.05, 4.69) is 15.5 Å². The topological polar surface area (TPSA) is 81.5 Å². The molecular formula is C14H23N5O3. The van der Waals surface area contributed by atoms with Crippen LogP contribution in [0, 0.1) is 0 Å². The molecule has 2 fully saturated rings. The number of morpholine rings is 1. The third-order valence-corrected chi connectivity index (χ3v) is 3.85. The van der Waals surface area contributed by atoms with Gasteiger partial charge in [-0.05, 0) is 20.8 Å². The zero-order valence-electron chi connectivity index (χ0n) is 13.5. The van der Waals surface area contributed by atoms with Gasteiger partial charge in [-0.3, -0.25) is 0 Å². The van der Waals surface area contributed by atoms with Gasteiger partial charge in [0.05, 0.1) is 31.9 Å². The van der Waals surface area contributed by atoms with Gasteiger partial charge in [0.2, 0.25) is 0 Å².